The van der Waals surface area contributed by atoms with Gasteiger partial charge in [-0.15, -0.1) is 0 Å². The quantitative estimate of drug-likeness (QED) is 0.555. The fourth-order valence-electron chi connectivity index (χ4n) is 1.64. The predicted octanol–water partition coefficient (Wildman–Crippen LogP) is 3.33. The van der Waals surface area contributed by atoms with Crippen molar-refractivity contribution in [2.75, 3.05) is 6.61 Å². The molecule has 0 saturated carbocycles. The van der Waals surface area contributed by atoms with Gasteiger partial charge in [0.25, 0.3) is 0 Å². The molecule has 0 aliphatic rings. The molecule has 0 unspecified atom stereocenters. The molecule has 0 radical (unpaired) electrons. The van der Waals surface area contributed by atoms with E-state index in [0.717, 1.165) is 0 Å². The minimum absolute atomic E-state index is 0.184. The van der Waals surface area contributed by atoms with Gasteiger partial charge in [-0.2, -0.15) is 13.2 Å². The van der Waals surface area contributed by atoms with Crippen LogP contribution in [0.1, 0.15) is 31.9 Å². The van der Waals surface area contributed by atoms with E-state index in [9.17, 15) is 22.8 Å². The van der Waals surface area contributed by atoms with Gasteiger partial charge in [-0.3, -0.25) is 10.7 Å². The number of rotatable bonds is 4. The molecule has 1 rings (SSSR count). The molecule has 0 fully saturated rings. The van der Waals surface area contributed by atoms with Crippen LogP contribution in [0.3, 0.4) is 0 Å². The number of alkyl carbamates (subject to hydrolysis) is 2. The lowest BCUT2D eigenvalue weighted by molar-refractivity contribution is -0.160. The lowest BCUT2D eigenvalue weighted by Gasteiger charge is -2.19. The highest BCUT2D eigenvalue weighted by Gasteiger charge is 2.29. The molecule has 1 aromatic rings. The second-order valence-electron chi connectivity index (χ2n) is 6.24. The Labute approximate surface area is 148 Å². The fraction of sp³-hybridized carbons (Fsp3) is 0.438. The van der Waals surface area contributed by atoms with E-state index < -0.39 is 36.4 Å². The largest absolute Gasteiger partial charge is 0.444 e. The van der Waals surface area contributed by atoms with Crippen molar-refractivity contribution in [3.05, 3.63) is 35.4 Å². The molecule has 0 heterocycles. The molecule has 1 aromatic carbocycles. The maximum absolute atomic E-state index is 11.9. The predicted molar refractivity (Wildman–Crippen MR) is 86.9 cm³/mol. The van der Waals surface area contributed by atoms with Gasteiger partial charge in [-0.05, 0) is 26.3 Å². The first-order valence-corrected chi connectivity index (χ1v) is 7.51. The van der Waals surface area contributed by atoms with Crippen LogP contribution >= 0.6 is 0 Å². The van der Waals surface area contributed by atoms with E-state index in [-0.39, 0.29) is 12.1 Å². The molecule has 0 atom stereocenters. The topological polar surface area (TPSA) is 101 Å². The van der Waals surface area contributed by atoms with Gasteiger partial charge < -0.3 is 14.8 Å². The standard InChI is InChI=1S/C16H20F3N3O4/c1-15(2,3)26-13(23)21-8-10-4-6-11(7-5-10)12(20)22-14(24)25-9-16(17,18)19/h4-7H,8-9H2,1-3H3,(H,21,23)(H2,20,22,24). The summed E-state index contributed by atoms with van der Waals surface area (Å²) in [5.74, 6) is -0.413. The first kappa shape index (κ1) is 21.3. The van der Waals surface area contributed by atoms with Crippen molar-refractivity contribution in [1.29, 1.82) is 5.41 Å². The zero-order valence-electron chi connectivity index (χ0n) is 14.5. The third-order valence-electron chi connectivity index (χ3n) is 2.67. The second-order valence-corrected chi connectivity index (χ2v) is 6.24. The number of carbonyl (C=O) groups is 2. The highest BCUT2D eigenvalue weighted by molar-refractivity contribution is 6.04. The Morgan fingerprint density at radius 1 is 1.08 bits per heavy atom. The van der Waals surface area contributed by atoms with Crippen molar-refractivity contribution in [2.24, 2.45) is 0 Å². The molecular weight excluding hydrogens is 355 g/mol. The van der Waals surface area contributed by atoms with Crippen molar-refractivity contribution in [3.8, 4) is 0 Å². The zero-order valence-corrected chi connectivity index (χ0v) is 14.5. The van der Waals surface area contributed by atoms with Crippen LogP contribution in [0.4, 0.5) is 22.8 Å². The number of hydrogen-bond acceptors (Lipinski definition) is 5. The van der Waals surface area contributed by atoms with Gasteiger partial charge in [0.15, 0.2) is 6.61 Å². The Balaban J connectivity index is 2.49. The van der Waals surface area contributed by atoms with Gasteiger partial charge in [0, 0.05) is 12.1 Å². The fourth-order valence-corrected chi connectivity index (χ4v) is 1.64. The molecule has 0 bridgehead atoms. The Kier molecular flexibility index (Phi) is 6.99. The van der Waals surface area contributed by atoms with E-state index in [1.54, 1.807) is 32.9 Å². The van der Waals surface area contributed by atoms with Crippen LogP contribution in [0.5, 0.6) is 0 Å². The molecule has 0 spiro atoms. The number of ether oxygens (including phenoxy) is 2. The highest BCUT2D eigenvalue weighted by atomic mass is 19.4. The average Bonchev–Trinajstić information content (AvgIpc) is 2.49. The van der Waals surface area contributed by atoms with E-state index in [1.165, 1.54) is 12.1 Å². The lowest BCUT2D eigenvalue weighted by atomic mass is 10.1. The van der Waals surface area contributed by atoms with Crippen molar-refractivity contribution in [3.63, 3.8) is 0 Å². The number of amides is 2. The molecular formula is C16H20F3N3O4. The molecule has 0 aromatic heterocycles. The van der Waals surface area contributed by atoms with E-state index >= 15 is 0 Å². The smallest absolute Gasteiger partial charge is 0.422 e. The van der Waals surface area contributed by atoms with Gasteiger partial charge >= 0.3 is 18.4 Å². The summed E-state index contributed by atoms with van der Waals surface area (Å²) in [4.78, 5) is 22.7. The van der Waals surface area contributed by atoms with Gasteiger partial charge in [0.05, 0.1) is 0 Å². The number of nitrogens with one attached hydrogen (secondary N) is 3. The van der Waals surface area contributed by atoms with E-state index in [2.05, 4.69) is 10.1 Å². The van der Waals surface area contributed by atoms with Crippen molar-refractivity contribution in [1.82, 2.24) is 10.6 Å². The summed E-state index contributed by atoms with van der Waals surface area (Å²) in [7, 11) is 0. The molecule has 0 saturated heterocycles. The Bertz CT molecular complexity index is 652. The molecule has 144 valence electrons. The van der Waals surface area contributed by atoms with Gasteiger partial charge in [-0.1, -0.05) is 24.3 Å². The first-order valence-electron chi connectivity index (χ1n) is 7.51. The molecule has 26 heavy (non-hydrogen) atoms. The number of benzene rings is 1. The summed E-state index contributed by atoms with van der Waals surface area (Å²) < 4.78 is 44.9. The third kappa shape index (κ3) is 8.90. The summed E-state index contributed by atoms with van der Waals surface area (Å²) in [6, 6.07) is 6.12. The van der Waals surface area contributed by atoms with E-state index in [0.29, 0.717) is 5.56 Å². The van der Waals surface area contributed by atoms with Crippen LogP contribution in [0, 0.1) is 5.41 Å². The lowest BCUT2D eigenvalue weighted by Crippen LogP contribution is -2.33. The molecule has 3 N–H and O–H groups in total. The van der Waals surface area contributed by atoms with Crippen LogP contribution in [0.25, 0.3) is 0 Å². The third-order valence-corrected chi connectivity index (χ3v) is 2.67. The van der Waals surface area contributed by atoms with Crippen LogP contribution < -0.4 is 10.6 Å². The van der Waals surface area contributed by atoms with Crippen LogP contribution in [0.2, 0.25) is 0 Å². The van der Waals surface area contributed by atoms with Crippen LogP contribution in [-0.4, -0.2) is 36.4 Å². The van der Waals surface area contributed by atoms with Crippen LogP contribution in [-0.2, 0) is 16.0 Å². The number of carbonyl (C=O) groups excluding carboxylic acids is 2. The summed E-state index contributed by atoms with van der Waals surface area (Å²) >= 11 is 0. The monoisotopic (exact) mass is 375 g/mol. The Hall–Kier alpha value is -2.78. The SMILES string of the molecule is CC(C)(C)OC(=O)NCc1ccc(C(=N)NC(=O)OCC(F)(F)F)cc1. The summed E-state index contributed by atoms with van der Waals surface area (Å²) in [6.45, 7) is 3.66. The summed E-state index contributed by atoms with van der Waals surface area (Å²) in [6.07, 6.45) is -6.59. The van der Waals surface area contributed by atoms with Gasteiger partial charge in [0.1, 0.15) is 11.4 Å². The first-order chi connectivity index (χ1) is 11.9. The van der Waals surface area contributed by atoms with Crippen molar-refractivity contribution in [2.45, 2.75) is 39.1 Å². The molecule has 7 nitrogen and oxygen atoms in total. The van der Waals surface area contributed by atoms with E-state index in [4.69, 9.17) is 10.1 Å². The molecule has 2 amide bonds. The maximum Gasteiger partial charge on any atom is 0.422 e. The minimum Gasteiger partial charge on any atom is -0.444 e. The second kappa shape index (κ2) is 8.54. The van der Waals surface area contributed by atoms with Crippen molar-refractivity contribution >= 4 is 18.0 Å². The Morgan fingerprint density at radius 3 is 2.15 bits per heavy atom. The van der Waals surface area contributed by atoms with Gasteiger partial charge in [0.2, 0.25) is 0 Å². The maximum atomic E-state index is 11.9. The van der Waals surface area contributed by atoms with E-state index in [1.807, 2.05) is 5.32 Å². The normalized spacial score (nSPS) is 11.5. The van der Waals surface area contributed by atoms with Crippen LogP contribution in [0.15, 0.2) is 24.3 Å². The molecule has 10 heteroatoms. The molecule has 0 aliphatic heterocycles. The van der Waals surface area contributed by atoms with Crippen molar-refractivity contribution < 1.29 is 32.2 Å². The number of halogens is 3. The number of amidine groups is 1. The Morgan fingerprint density at radius 2 is 1.65 bits per heavy atom. The average molecular weight is 375 g/mol. The molecule has 0 aliphatic carbocycles. The summed E-state index contributed by atoms with van der Waals surface area (Å²) in [5.41, 5.74) is 0.345. The van der Waals surface area contributed by atoms with Gasteiger partial charge in [-0.25, -0.2) is 9.59 Å². The zero-order chi connectivity index (χ0) is 20.0. The minimum atomic E-state index is -4.64. The number of hydrogen-bond donors (Lipinski definition) is 3. The number of alkyl halides is 3. The summed E-state index contributed by atoms with van der Waals surface area (Å²) in [5, 5.41) is 12.1. The highest BCUT2D eigenvalue weighted by Crippen LogP contribution is 2.14.